The number of amides is 1. The summed E-state index contributed by atoms with van der Waals surface area (Å²) in [5.74, 6) is -0.439. The highest BCUT2D eigenvalue weighted by molar-refractivity contribution is 5.95. The van der Waals surface area contributed by atoms with Crippen molar-refractivity contribution in [1.29, 1.82) is 0 Å². The van der Waals surface area contributed by atoms with Gasteiger partial charge in [-0.05, 0) is 32.0 Å². The van der Waals surface area contributed by atoms with E-state index < -0.39 is 5.91 Å². The number of hydrogen-bond acceptors (Lipinski definition) is 4. The summed E-state index contributed by atoms with van der Waals surface area (Å²) in [6.07, 6.45) is 0.288. The second-order valence-electron chi connectivity index (χ2n) is 4.80. The van der Waals surface area contributed by atoms with Gasteiger partial charge in [0.25, 0.3) is 0 Å². The van der Waals surface area contributed by atoms with Gasteiger partial charge in [-0.15, -0.1) is 0 Å². The summed E-state index contributed by atoms with van der Waals surface area (Å²) < 4.78 is 5.68. The molecule has 0 saturated carbocycles. The number of nitrogens with zero attached hydrogens (tertiary/aromatic N) is 1. The first-order valence-electron chi connectivity index (χ1n) is 6.07. The lowest BCUT2D eigenvalue weighted by Gasteiger charge is -2.37. The van der Waals surface area contributed by atoms with Gasteiger partial charge in [-0.1, -0.05) is 0 Å². The second kappa shape index (κ2) is 4.86. The number of morpholine rings is 1. The highest BCUT2D eigenvalue weighted by atomic mass is 16.5. The van der Waals surface area contributed by atoms with Crippen LogP contribution in [0.2, 0.25) is 0 Å². The summed E-state index contributed by atoms with van der Waals surface area (Å²) in [5, 5.41) is 0. The van der Waals surface area contributed by atoms with Crippen LogP contribution in [-0.2, 0) is 4.74 Å². The number of hydrogen-bond donors (Lipinski definition) is 2. The maximum atomic E-state index is 11.2. The first kappa shape index (κ1) is 12.7. The van der Waals surface area contributed by atoms with Gasteiger partial charge in [-0.2, -0.15) is 0 Å². The van der Waals surface area contributed by atoms with Crippen molar-refractivity contribution in [3.8, 4) is 0 Å². The summed E-state index contributed by atoms with van der Waals surface area (Å²) in [7, 11) is 0. The lowest BCUT2D eigenvalue weighted by Crippen LogP contribution is -2.45. The van der Waals surface area contributed by atoms with Gasteiger partial charge in [0.2, 0.25) is 5.91 Å². The number of ether oxygens (including phenoxy) is 1. The molecule has 1 heterocycles. The lowest BCUT2D eigenvalue weighted by atomic mass is 10.1. The quantitative estimate of drug-likeness (QED) is 0.765. The standard InChI is InChI=1S/C13H19N3O2/c1-8-6-16(7-9(2)18-8)12-5-10(13(15)17)3-4-11(12)14/h3-5,8-9H,6-7,14H2,1-2H3,(H2,15,17)/t8-,9+. The fraction of sp³-hybridized carbons (Fsp3) is 0.462. The molecule has 0 aromatic heterocycles. The summed E-state index contributed by atoms with van der Waals surface area (Å²) in [5.41, 5.74) is 13.3. The predicted octanol–water partition coefficient (Wildman–Crippen LogP) is 0.981. The molecule has 2 atom stereocenters. The molecule has 1 aliphatic rings. The minimum absolute atomic E-state index is 0.144. The van der Waals surface area contributed by atoms with Crippen LogP contribution in [0.1, 0.15) is 24.2 Å². The van der Waals surface area contributed by atoms with E-state index in [4.69, 9.17) is 16.2 Å². The number of carbonyl (C=O) groups excluding carboxylic acids is 1. The zero-order valence-corrected chi connectivity index (χ0v) is 10.7. The molecule has 1 aliphatic heterocycles. The molecular weight excluding hydrogens is 230 g/mol. The monoisotopic (exact) mass is 249 g/mol. The van der Waals surface area contributed by atoms with Gasteiger partial charge in [0.1, 0.15) is 0 Å². The maximum absolute atomic E-state index is 11.2. The summed E-state index contributed by atoms with van der Waals surface area (Å²) in [6.45, 7) is 5.57. The molecule has 0 bridgehead atoms. The van der Waals surface area contributed by atoms with Gasteiger partial charge in [0, 0.05) is 18.7 Å². The van der Waals surface area contributed by atoms with Crippen LogP contribution in [0.5, 0.6) is 0 Å². The van der Waals surface area contributed by atoms with Crippen LogP contribution in [0.15, 0.2) is 18.2 Å². The number of benzene rings is 1. The number of nitrogens with two attached hydrogens (primary N) is 2. The zero-order chi connectivity index (χ0) is 13.3. The molecule has 1 amide bonds. The molecular formula is C13H19N3O2. The second-order valence-corrected chi connectivity index (χ2v) is 4.80. The van der Waals surface area contributed by atoms with Crippen molar-refractivity contribution in [2.45, 2.75) is 26.1 Å². The molecule has 0 unspecified atom stereocenters. The molecule has 1 aromatic rings. The molecule has 18 heavy (non-hydrogen) atoms. The van der Waals surface area contributed by atoms with E-state index in [0.29, 0.717) is 11.3 Å². The van der Waals surface area contributed by atoms with Crippen LogP contribution in [0.3, 0.4) is 0 Å². The van der Waals surface area contributed by atoms with Crippen LogP contribution < -0.4 is 16.4 Å². The molecule has 4 N–H and O–H groups in total. The Morgan fingerprint density at radius 3 is 2.50 bits per heavy atom. The van der Waals surface area contributed by atoms with E-state index in [1.807, 2.05) is 13.8 Å². The average molecular weight is 249 g/mol. The Morgan fingerprint density at radius 1 is 1.33 bits per heavy atom. The zero-order valence-electron chi connectivity index (χ0n) is 10.7. The minimum atomic E-state index is -0.439. The van der Waals surface area contributed by atoms with E-state index in [9.17, 15) is 4.79 Å². The minimum Gasteiger partial charge on any atom is -0.397 e. The average Bonchev–Trinajstić information content (AvgIpc) is 2.27. The Kier molecular flexibility index (Phi) is 3.43. The van der Waals surface area contributed by atoms with Crippen molar-refractivity contribution in [2.24, 2.45) is 5.73 Å². The van der Waals surface area contributed by atoms with E-state index in [1.54, 1.807) is 18.2 Å². The third kappa shape index (κ3) is 2.56. The first-order valence-corrected chi connectivity index (χ1v) is 6.07. The lowest BCUT2D eigenvalue weighted by molar-refractivity contribution is -0.00517. The Morgan fingerprint density at radius 2 is 1.94 bits per heavy atom. The van der Waals surface area contributed by atoms with Crippen molar-refractivity contribution in [1.82, 2.24) is 0 Å². The molecule has 0 spiro atoms. The Bertz CT molecular complexity index is 452. The van der Waals surface area contributed by atoms with Crippen LogP contribution in [-0.4, -0.2) is 31.2 Å². The molecule has 1 fully saturated rings. The third-order valence-corrected chi connectivity index (χ3v) is 3.08. The van der Waals surface area contributed by atoms with Gasteiger partial charge in [0.15, 0.2) is 0 Å². The van der Waals surface area contributed by atoms with Gasteiger partial charge in [0.05, 0.1) is 23.6 Å². The van der Waals surface area contributed by atoms with Crippen LogP contribution in [0, 0.1) is 0 Å². The normalized spacial score (nSPS) is 24.0. The van der Waals surface area contributed by atoms with Gasteiger partial charge in [-0.25, -0.2) is 0 Å². The molecule has 0 radical (unpaired) electrons. The number of rotatable bonds is 2. The van der Waals surface area contributed by atoms with E-state index in [-0.39, 0.29) is 12.2 Å². The molecule has 5 heteroatoms. The van der Waals surface area contributed by atoms with Crippen LogP contribution >= 0.6 is 0 Å². The van der Waals surface area contributed by atoms with Crippen LogP contribution in [0.4, 0.5) is 11.4 Å². The molecule has 2 rings (SSSR count). The predicted molar refractivity (Wildman–Crippen MR) is 71.6 cm³/mol. The Balaban J connectivity index is 2.31. The van der Waals surface area contributed by atoms with Crippen molar-refractivity contribution >= 4 is 17.3 Å². The number of anilines is 2. The van der Waals surface area contributed by atoms with E-state index in [2.05, 4.69) is 4.90 Å². The van der Waals surface area contributed by atoms with Gasteiger partial charge in [-0.3, -0.25) is 4.79 Å². The van der Waals surface area contributed by atoms with Crippen molar-refractivity contribution in [2.75, 3.05) is 23.7 Å². The Labute approximate surface area is 107 Å². The largest absolute Gasteiger partial charge is 0.397 e. The SMILES string of the molecule is C[C@@H]1CN(c2cc(C(N)=O)ccc2N)C[C@H](C)O1. The first-order chi connectivity index (χ1) is 8.47. The summed E-state index contributed by atoms with van der Waals surface area (Å²) in [6, 6.07) is 5.12. The third-order valence-electron chi connectivity index (χ3n) is 3.08. The van der Waals surface area contributed by atoms with Gasteiger partial charge >= 0.3 is 0 Å². The summed E-state index contributed by atoms with van der Waals surface area (Å²) >= 11 is 0. The van der Waals surface area contributed by atoms with E-state index in [1.165, 1.54) is 0 Å². The molecule has 1 saturated heterocycles. The molecule has 5 nitrogen and oxygen atoms in total. The highest BCUT2D eigenvalue weighted by Crippen LogP contribution is 2.27. The topological polar surface area (TPSA) is 81.6 Å². The number of carbonyl (C=O) groups is 1. The number of nitrogen functional groups attached to an aromatic ring is 1. The highest BCUT2D eigenvalue weighted by Gasteiger charge is 2.24. The van der Waals surface area contributed by atoms with Gasteiger partial charge < -0.3 is 21.1 Å². The molecule has 98 valence electrons. The van der Waals surface area contributed by atoms with Crippen molar-refractivity contribution in [3.63, 3.8) is 0 Å². The number of primary amides is 1. The molecule has 1 aromatic carbocycles. The van der Waals surface area contributed by atoms with E-state index >= 15 is 0 Å². The summed E-state index contributed by atoms with van der Waals surface area (Å²) in [4.78, 5) is 13.4. The Hall–Kier alpha value is -1.75. The van der Waals surface area contributed by atoms with Crippen molar-refractivity contribution in [3.05, 3.63) is 23.8 Å². The molecule has 0 aliphatic carbocycles. The smallest absolute Gasteiger partial charge is 0.248 e. The fourth-order valence-electron chi connectivity index (χ4n) is 2.35. The van der Waals surface area contributed by atoms with Crippen molar-refractivity contribution < 1.29 is 9.53 Å². The van der Waals surface area contributed by atoms with E-state index in [0.717, 1.165) is 18.8 Å². The fourth-order valence-corrected chi connectivity index (χ4v) is 2.35. The van der Waals surface area contributed by atoms with Crippen LogP contribution in [0.25, 0.3) is 0 Å². The maximum Gasteiger partial charge on any atom is 0.248 e.